The molecular weight excluding hydrogens is 481 g/mol. The monoisotopic (exact) mass is 505 g/mol. The van der Waals surface area contributed by atoms with Crippen LogP contribution in [-0.2, 0) is 4.79 Å². The number of fused-ring (bicyclic) bond motifs is 1. The van der Waals surface area contributed by atoms with E-state index in [2.05, 4.69) is 56.6 Å². The quantitative estimate of drug-likeness (QED) is 0.512. The third-order valence-corrected chi connectivity index (χ3v) is 5.80. The fourth-order valence-corrected chi connectivity index (χ4v) is 3.28. The molecule has 152 valence electrons. The number of primary amides is 1. The molecule has 0 saturated heterocycles. The molecule has 29 heavy (non-hydrogen) atoms. The number of anilines is 2. The van der Waals surface area contributed by atoms with Crippen molar-refractivity contribution in [1.82, 2.24) is 22.7 Å². The van der Waals surface area contributed by atoms with Gasteiger partial charge in [0.1, 0.15) is 23.0 Å². The largest absolute Gasteiger partial charge is 0.369 e. The molecule has 0 atom stereocenters. The Morgan fingerprint density at radius 3 is 2.66 bits per heavy atom. The highest BCUT2D eigenvalue weighted by Gasteiger charge is 2.21. The van der Waals surface area contributed by atoms with Gasteiger partial charge in [-0.25, -0.2) is 19.9 Å². The molecule has 9 heteroatoms. The van der Waals surface area contributed by atoms with Crippen LogP contribution in [0.3, 0.4) is 0 Å². The molecule has 0 aliphatic carbocycles. The summed E-state index contributed by atoms with van der Waals surface area (Å²) < 4.78 is 2.01. The summed E-state index contributed by atoms with van der Waals surface area (Å²) in [5.74, 6) is 2.50. The van der Waals surface area contributed by atoms with E-state index in [1.807, 2.05) is 26.7 Å². The molecule has 0 unspecified atom stereocenters. The average molecular weight is 505 g/mol. The molecule has 0 spiro atoms. The number of pyridine rings is 1. The summed E-state index contributed by atoms with van der Waals surface area (Å²) in [5, 5.41) is 0. The summed E-state index contributed by atoms with van der Waals surface area (Å²) in [6, 6.07) is 3.96. The first-order chi connectivity index (χ1) is 13.6. The maximum Gasteiger partial charge on any atom is 0.226 e. The zero-order valence-corrected chi connectivity index (χ0v) is 19.2. The van der Waals surface area contributed by atoms with E-state index < -0.39 is 11.3 Å². The van der Waals surface area contributed by atoms with Crippen LogP contribution in [0.1, 0.15) is 39.3 Å². The first kappa shape index (κ1) is 21.2. The number of hydrogen-bond acceptors (Lipinski definition) is 6. The first-order valence-electron chi connectivity index (χ1n) is 9.23. The zero-order valence-electron chi connectivity index (χ0n) is 17.1. The molecule has 0 saturated carbocycles. The highest BCUT2D eigenvalue weighted by Crippen LogP contribution is 2.28. The van der Waals surface area contributed by atoms with Crippen molar-refractivity contribution in [3.05, 3.63) is 42.3 Å². The van der Waals surface area contributed by atoms with Crippen molar-refractivity contribution in [3.63, 3.8) is 0 Å². The Morgan fingerprint density at radius 2 is 2.00 bits per heavy atom. The van der Waals surface area contributed by atoms with Gasteiger partial charge in [0.15, 0.2) is 5.82 Å². The Balaban J connectivity index is 2.01. The topological polar surface area (TPSA) is 103 Å². The van der Waals surface area contributed by atoms with E-state index in [1.165, 1.54) is 0 Å². The molecule has 0 radical (unpaired) electrons. The number of aryl methyl sites for hydroxylation is 1. The van der Waals surface area contributed by atoms with E-state index in [0.717, 1.165) is 28.5 Å². The van der Waals surface area contributed by atoms with Gasteiger partial charge < -0.3 is 10.6 Å². The van der Waals surface area contributed by atoms with Gasteiger partial charge in [0.2, 0.25) is 5.91 Å². The summed E-state index contributed by atoms with van der Waals surface area (Å²) in [6.07, 6.45) is 6.90. The summed E-state index contributed by atoms with van der Waals surface area (Å²) in [7, 11) is 0. The lowest BCUT2D eigenvalue weighted by atomic mass is 9.92. The molecule has 3 aromatic heterocycles. The average Bonchev–Trinajstić information content (AvgIpc) is 2.94. The molecule has 0 fully saturated rings. The van der Waals surface area contributed by atoms with Crippen molar-refractivity contribution in [2.75, 3.05) is 4.90 Å². The van der Waals surface area contributed by atoms with Crippen LogP contribution in [0.5, 0.6) is 0 Å². The molecule has 0 aromatic carbocycles. The normalized spacial score (nSPS) is 12.2. The standard InChI is InChI=1S/C20H24IN7O/c1-12(2)27(18-10-15-14(11-24-18)25-13(3)28(15)21)17-7-9-23-16(26-17)6-8-20(4,5)19(22)29/h6-12H,1-5H3,(H2,22,29)/b8-6+. The minimum Gasteiger partial charge on any atom is -0.369 e. The van der Waals surface area contributed by atoms with Gasteiger partial charge in [-0.1, -0.05) is 6.08 Å². The van der Waals surface area contributed by atoms with E-state index in [4.69, 9.17) is 5.73 Å². The number of nitrogens with zero attached hydrogens (tertiary/aromatic N) is 6. The number of rotatable bonds is 6. The lowest BCUT2D eigenvalue weighted by molar-refractivity contribution is -0.123. The molecule has 0 bridgehead atoms. The second kappa shape index (κ2) is 8.05. The maximum absolute atomic E-state index is 11.5. The van der Waals surface area contributed by atoms with Gasteiger partial charge in [0, 0.05) is 18.3 Å². The van der Waals surface area contributed by atoms with E-state index >= 15 is 0 Å². The Bertz CT molecular complexity index is 1090. The summed E-state index contributed by atoms with van der Waals surface area (Å²) in [6.45, 7) is 9.62. The number of halogens is 1. The van der Waals surface area contributed by atoms with E-state index in [1.54, 1.807) is 38.4 Å². The minimum atomic E-state index is -0.778. The van der Waals surface area contributed by atoms with Crippen LogP contribution >= 0.6 is 22.9 Å². The van der Waals surface area contributed by atoms with E-state index in [0.29, 0.717) is 5.82 Å². The van der Waals surface area contributed by atoms with Crippen molar-refractivity contribution in [3.8, 4) is 0 Å². The Morgan fingerprint density at radius 1 is 1.28 bits per heavy atom. The second-order valence-electron chi connectivity index (χ2n) is 7.63. The number of amides is 1. The number of nitrogens with two attached hydrogens (primary N) is 1. The molecule has 8 nitrogen and oxygen atoms in total. The third kappa shape index (κ3) is 4.39. The molecule has 0 aliphatic heterocycles. The van der Waals surface area contributed by atoms with Gasteiger partial charge in [0.25, 0.3) is 0 Å². The van der Waals surface area contributed by atoms with Crippen LogP contribution < -0.4 is 10.6 Å². The Hall–Kier alpha value is -2.56. The number of carbonyl (C=O) groups is 1. The Kier molecular flexibility index (Phi) is 5.87. The predicted octanol–water partition coefficient (Wildman–Crippen LogP) is 3.80. The van der Waals surface area contributed by atoms with Gasteiger partial charge in [0.05, 0.1) is 40.0 Å². The van der Waals surface area contributed by atoms with Crippen LogP contribution in [0, 0.1) is 12.3 Å². The number of aromatic nitrogens is 5. The predicted molar refractivity (Wildman–Crippen MR) is 123 cm³/mol. The smallest absolute Gasteiger partial charge is 0.226 e. The van der Waals surface area contributed by atoms with E-state index in [-0.39, 0.29) is 6.04 Å². The molecule has 1 amide bonds. The van der Waals surface area contributed by atoms with Crippen LogP contribution in [0.25, 0.3) is 17.1 Å². The fraction of sp³-hybridized carbons (Fsp3) is 0.350. The van der Waals surface area contributed by atoms with Crippen LogP contribution in [0.2, 0.25) is 0 Å². The lowest BCUT2D eigenvalue weighted by Crippen LogP contribution is -2.29. The van der Waals surface area contributed by atoms with Crippen LogP contribution in [0.15, 0.2) is 30.6 Å². The molecular formula is C20H24IN7O. The number of hydrogen-bond donors (Lipinski definition) is 1. The van der Waals surface area contributed by atoms with Crippen LogP contribution in [-0.4, -0.2) is 34.7 Å². The van der Waals surface area contributed by atoms with Crippen molar-refractivity contribution in [2.24, 2.45) is 11.1 Å². The second-order valence-corrected chi connectivity index (χ2v) is 8.59. The highest BCUT2D eigenvalue weighted by atomic mass is 127. The lowest BCUT2D eigenvalue weighted by Gasteiger charge is -2.27. The molecule has 0 aliphatic rings. The van der Waals surface area contributed by atoms with E-state index in [9.17, 15) is 4.79 Å². The number of imidazole rings is 1. The molecule has 3 heterocycles. The first-order valence-corrected chi connectivity index (χ1v) is 10.2. The zero-order chi connectivity index (χ0) is 21.3. The molecule has 3 rings (SSSR count). The summed E-state index contributed by atoms with van der Waals surface area (Å²) >= 11 is 2.23. The SMILES string of the molecule is Cc1nc2cnc(N(c3ccnc(/C=C/C(C)(C)C(N)=O)n3)C(C)C)cc2n1I. The third-order valence-electron chi connectivity index (χ3n) is 4.58. The van der Waals surface area contributed by atoms with Gasteiger partial charge in [-0.05, 0) is 46.8 Å². The molecule has 3 aromatic rings. The fourth-order valence-electron chi connectivity index (χ4n) is 2.78. The Labute approximate surface area is 183 Å². The maximum atomic E-state index is 11.5. The number of carbonyl (C=O) groups excluding carboxylic acids is 1. The van der Waals surface area contributed by atoms with Crippen molar-refractivity contribution in [2.45, 2.75) is 40.7 Å². The van der Waals surface area contributed by atoms with Crippen molar-refractivity contribution in [1.29, 1.82) is 0 Å². The minimum absolute atomic E-state index is 0.111. The molecule has 2 N–H and O–H groups in total. The van der Waals surface area contributed by atoms with Gasteiger partial charge in [-0.15, -0.1) is 0 Å². The van der Waals surface area contributed by atoms with Gasteiger partial charge >= 0.3 is 0 Å². The van der Waals surface area contributed by atoms with Gasteiger partial charge in [-0.2, -0.15) is 0 Å². The summed E-state index contributed by atoms with van der Waals surface area (Å²) in [4.78, 5) is 31.6. The van der Waals surface area contributed by atoms with Crippen molar-refractivity contribution >= 4 is 57.5 Å². The van der Waals surface area contributed by atoms with Crippen molar-refractivity contribution < 1.29 is 4.79 Å². The summed E-state index contributed by atoms with van der Waals surface area (Å²) in [5.41, 5.74) is 6.50. The van der Waals surface area contributed by atoms with Crippen LogP contribution in [0.4, 0.5) is 11.6 Å². The highest BCUT2D eigenvalue weighted by molar-refractivity contribution is 14.1. The van der Waals surface area contributed by atoms with Gasteiger partial charge in [-0.3, -0.25) is 7.58 Å².